The predicted octanol–water partition coefficient (Wildman–Crippen LogP) is 6.78. The van der Waals surface area contributed by atoms with Gasteiger partial charge in [0.25, 0.3) is 0 Å². The second kappa shape index (κ2) is 10.4. The van der Waals surface area contributed by atoms with Crippen molar-refractivity contribution in [3.63, 3.8) is 0 Å². The third-order valence-electron chi connectivity index (χ3n) is 6.45. The van der Waals surface area contributed by atoms with Crippen LogP contribution in [-0.4, -0.2) is 26.8 Å². The number of nitriles is 1. The number of ketones is 1. The maximum absolute atomic E-state index is 13.1. The Morgan fingerprint density at radius 1 is 1.11 bits per heavy atom. The molecule has 0 radical (unpaired) electrons. The molecule has 1 fully saturated rings. The Balaban J connectivity index is 1.56. The van der Waals surface area contributed by atoms with Crippen molar-refractivity contribution in [1.82, 2.24) is 15.3 Å². The van der Waals surface area contributed by atoms with Gasteiger partial charge in [-0.2, -0.15) is 5.26 Å². The van der Waals surface area contributed by atoms with Gasteiger partial charge >= 0.3 is 0 Å². The van der Waals surface area contributed by atoms with E-state index >= 15 is 0 Å². The van der Waals surface area contributed by atoms with Crippen molar-refractivity contribution < 1.29 is 9.53 Å². The van der Waals surface area contributed by atoms with Gasteiger partial charge in [0.1, 0.15) is 17.8 Å². The van der Waals surface area contributed by atoms with Gasteiger partial charge in [0.15, 0.2) is 5.78 Å². The lowest BCUT2D eigenvalue weighted by Crippen LogP contribution is -2.57. The van der Waals surface area contributed by atoms with Gasteiger partial charge in [-0.05, 0) is 76.3 Å². The number of hydrogen-bond donors (Lipinski definition) is 1. The lowest BCUT2D eigenvalue weighted by atomic mass is 9.74. The van der Waals surface area contributed by atoms with E-state index in [1.54, 1.807) is 30.6 Å². The van der Waals surface area contributed by atoms with Crippen LogP contribution in [0.2, 0.25) is 5.02 Å². The number of benzene rings is 2. The summed E-state index contributed by atoms with van der Waals surface area (Å²) in [6.45, 7) is 8.76. The van der Waals surface area contributed by atoms with Gasteiger partial charge in [0.2, 0.25) is 0 Å². The van der Waals surface area contributed by atoms with Crippen LogP contribution in [0.15, 0.2) is 55.1 Å². The molecule has 186 valence electrons. The predicted molar refractivity (Wildman–Crippen MR) is 141 cm³/mol. The number of ether oxygens (including phenoxy) is 1. The summed E-state index contributed by atoms with van der Waals surface area (Å²) in [6.07, 6.45) is 7.41. The highest BCUT2D eigenvalue weighted by Crippen LogP contribution is 2.39. The highest BCUT2D eigenvalue weighted by molar-refractivity contribution is 6.32. The number of carbonyl (C=O) groups excluding carboxylic acids is 1. The Labute approximate surface area is 217 Å². The largest absolute Gasteiger partial charge is 0.455 e. The Kier molecular flexibility index (Phi) is 7.44. The summed E-state index contributed by atoms with van der Waals surface area (Å²) in [5.74, 6) is 1.36. The molecule has 1 aliphatic rings. The monoisotopic (exact) mass is 502 g/mol. The van der Waals surface area contributed by atoms with Gasteiger partial charge in [-0.15, -0.1) is 0 Å². The van der Waals surface area contributed by atoms with Crippen molar-refractivity contribution in [3.05, 3.63) is 71.3 Å². The average molecular weight is 503 g/mol. The summed E-state index contributed by atoms with van der Waals surface area (Å²) in [6, 6.07) is 12.9. The molecule has 4 rings (SSSR count). The number of hydrogen-bond acceptors (Lipinski definition) is 6. The number of halogens is 1. The van der Waals surface area contributed by atoms with E-state index in [9.17, 15) is 10.1 Å². The van der Waals surface area contributed by atoms with Crippen molar-refractivity contribution >= 4 is 17.4 Å². The smallest absolute Gasteiger partial charge is 0.163 e. The van der Waals surface area contributed by atoms with Crippen molar-refractivity contribution in [1.29, 1.82) is 5.26 Å². The zero-order valence-electron chi connectivity index (χ0n) is 21.1. The van der Waals surface area contributed by atoms with Crippen LogP contribution in [0.5, 0.6) is 11.5 Å². The van der Waals surface area contributed by atoms with Crippen molar-refractivity contribution in [2.24, 2.45) is 5.92 Å². The van der Waals surface area contributed by atoms with Crippen molar-refractivity contribution in [2.45, 2.75) is 64.5 Å². The molecular formula is C29H31ClN4O2. The van der Waals surface area contributed by atoms with Crippen LogP contribution in [0.3, 0.4) is 0 Å². The number of rotatable bonds is 7. The molecule has 0 bridgehead atoms. The minimum Gasteiger partial charge on any atom is -0.455 e. The maximum Gasteiger partial charge on any atom is 0.163 e. The Hall–Kier alpha value is -3.27. The van der Waals surface area contributed by atoms with E-state index in [0.29, 0.717) is 34.4 Å². The maximum atomic E-state index is 13.1. The van der Waals surface area contributed by atoms with E-state index in [4.69, 9.17) is 16.3 Å². The summed E-state index contributed by atoms with van der Waals surface area (Å²) in [5.41, 5.74) is 2.85. The topological polar surface area (TPSA) is 87.9 Å². The van der Waals surface area contributed by atoms with E-state index in [-0.39, 0.29) is 23.3 Å². The molecule has 2 heterocycles. The van der Waals surface area contributed by atoms with Gasteiger partial charge in [0.05, 0.1) is 17.5 Å². The van der Waals surface area contributed by atoms with E-state index in [1.165, 1.54) is 6.33 Å². The SMILES string of the molecule is CC1(C)CC(CC(=O)c2ccc(Oc3cccc(CC#N)c3-c3cncnc3)c(Cl)c2)CC(C)(C)N1. The van der Waals surface area contributed by atoms with Crippen LogP contribution in [-0.2, 0) is 6.42 Å². The Morgan fingerprint density at radius 3 is 2.44 bits per heavy atom. The number of Topliss-reactive ketones (excluding diaryl/α,β-unsaturated/α-hetero) is 1. The van der Waals surface area contributed by atoms with Crippen LogP contribution in [0.1, 0.15) is 62.9 Å². The fourth-order valence-corrected chi connectivity index (χ4v) is 5.80. The highest BCUT2D eigenvalue weighted by atomic mass is 35.5. The zero-order valence-corrected chi connectivity index (χ0v) is 21.9. The first-order valence-corrected chi connectivity index (χ1v) is 12.5. The average Bonchev–Trinajstić information content (AvgIpc) is 2.79. The molecule has 0 saturated carbocycles. The first-order chi connectivity index (χ1) is 17.1. The van der Waals surface area contributed by atoms with Gasteiger partial charge in [0, 0.05) is 46.6 Å². The van der Waals surface area contributed by atoms with Gasteiger partial charge in [-0.1, -0.05) is 23.7 Å². The number of aromatic nitrogens is 2. The zero-order chi connectivity index (χ0) is 25.9. The summed E-state index contributed by atoms with van der Waals surface area (Å²) in [7, 11) is 0. The lowest BCUT2D eigenvalue weighted by molar-refractivity contribution is 0.0864. The second-order valence-corrected chi connectivity index (χ2v) is 11.2. The first kappa shape index (κ1) is 25.8. The number of carbonyl (C=O) groups is 1. The minimum atomic E-state index is -0.0103. The molecule has 2 aromatic carbocycles. The molecule has 0 amide bonds. The van der Waals surface area contributed by atoms with Gasteiger partial charge < -0.3 is 10.1 Å². The van der Waals surface area contributed by atoms with Crippen molar-refractivity contribution in [3.8, 4) is 28.7 Å². The first-order valence-electron chi connectivity index (χ1n) is 12.1. The summed E-state index contributed by atoms with van der Waals surface area (Å²) >= 11 is 6.59. The molecule has 1 aromatic heterocycles. The second-order valence-electron chi connectivity index (χ2n) is 10.8. The molecule has 0 atom stereocenters. The lowest BCUT2D eigenvalue weighted by Gasteiger charge is -2.46. The van der Waals surface area contributed by atoms with Gasteiger partial charge in [-0.3, -0.25) is 4.79 Å². The highest BCUT2D eigenvalue weighted by Gasteiger charge is 2.38. The summed E-state index contributed by atoms with van der Waals surface area (Å²) in [4.78, 5) is 21.4. The van der Waals surface area contributed by atoms with Crippen LogP contribution in [0, 0.1) is 17.2 Å². The molecule has 1 saturated heterocycles. The van der Waals surface area contributed by atoms with E-state index < -0.39 is 0 Å². The normalized spacial score (nSPS) is 16.8. The molecule has 36 heavy (non-hydrogen) atoms. The standard InChI is InChI=1S/C29H31ClN4O2/c1-28(2)14-19(15-29(3,4)34-28)12-24(35)21-8-9-25(23(30)13-21)36-26-7-5-6-20(10-11-31)27(26)22-16-32-18-33-17-22/h5-9,13,16-19,34H,10,12,14-15H2,1-4H3. The van der Waals surface area contributed by atoms with Gasteiger partial charge in [-0.25, -0.2) is 9.97 Å². The molecule has 1 N–H and O–H groups in total. The van der Waals surface area contributed by atoms with E-state index in [1.807, 2.05) is 18.2 Å². The molecule has 7 heteroatoms. The van der Waals surface area contributed by atoms with E-state index in [0.717, 1.165) is 29.5 Å². The quantitative estimate of drug-likeness (QED) is 0.358. The van der Waals surface area contributed by atoms with E-state index in [2.05, 4.69) is 49.0 Å². The third kappa shape index (κ3) is 6.10. The Morgan fingerprint density at radius 2 is 1.81 bits per heavy atom. The van der Waals surface area contributed by atoms with Crippen molar-refractivity contribution in [2.75, 3.05) is 0 Å². The Bertz CT molecular complexity index is 1280. The third-order valence-corrected chi connectivity index (χ3v) is 6.75. The van der Waals surface area contributed by atoms with Crippen LogP contribution in [0.25, 0.3) is 11.1 Å². The molecule has 3 aromatic rings. The molecular weight excluding hydrogens is 472 g/mol. The van der Waals surface area contributed by atoms with Crippen LogP contribution < -0.4 is 10.1 Å². The molecule has 0 aliphatic carbocycles. The summed E-state index contributed by atoms with van der Waals surface area (Å²) < 4.78 is 6.20. The summed E-state index contributed by atoms with van der Waals surface area (Å²) in [5, 5.41) is 13.3. The minimum absolute atomic E-state index is 0.0103. The number of nitrogens with zero attached hydrogens (tertiary/aromatic N) is 3. The molecule has 6 nitrogen and oxygen atoms in total. The number of nitrogens with one attached hydrogen (secondary N) is 1. The van der Waals surface area contributed by atoms with Crippen LogP contribution in [0.4, 0.5) is 0 Å². The fourth-order valence-electron chi connectivity index (χ4n) is 5.58. The molecule has 0 spiro atoms. The molecule has 1 aliphatic heterocycles. The van der Waals surface area contributed by atoms with Crippen LogP contribution >= 0.6 is 11.6 Å². The molecule has 0 unspecified atom stereocenters. The number of piperidine rings is 1. The fraction of sp³-hybridized carbons (Fsp3) is 0.379.